The van der Waals surface area contributed by atoms with Gasteiger partial charge in [-0.1, -0.05) is 15.9 Å². The molecule has 0 radical (unpaired) electrons. The molecule has 1 amide bonds. The third-order valence-corrected chi connectivity index (χ3v) is 4.30. The molecule has 0 aliphatic rings. The lowest BCUT2D eigenvalue weighted by atomic mass is 10.1. The Kier molecular flexibility index (Phi) is 10.1. The highest BCUT2D eigenvalue weighted by atomic mass is 79.9. The molecule has 0 atom stereocenters. The number of nitrogens with one attached hydrogen (secondary N) is 2. The molecule has 0 unspecified atom stereocenters. The molecule has 27 heavy (non-hydrogen) atoms. The van der Waals surface area contributed by atoms with Crippen LogP contribution in [0.1, 0.15) is 39.7 Å². The fraction of sp³-hybridized carbons (Fsp3) is 0.650. The molecule has 0 aromatic heterocycles. The Hall–Kier alpha value is -1.31. The number of nitrogens with zero attached hydrogens (tertiary/aromatic N) is 1. The predicted molar refractivity (Wildman–Crippen MR) is 114 cm³/mol. The third kappa shape index (κ3) is 9.98. The lowest BCUT2D eigenvalue weighted by Crippen LogP contribution is -2.43. The molecule has 1 aromatic carbocycles. The first-order valence-corrected chi connectivity index (χ1v) is 10.2. The number of carbonyl (C=O) groups excluding carboxylic acids is 1. The van der Waals surface area contributed by atoms with Gasteiger partial charge in [0.1, 0.15) is 0 Å². The number of carbonyl (C=O) groups is 1. The molecule has 1 rings (SSSR count). The lowest BCUT2D eigenvalue weighted by Gasteiger charge is -2.21. The van der Waals surface area contributed by atoms with Crippen LogP contribution in [-0.4, -0.2) is 56.7 Å². The normalized spacial score (nSPS) is 11.6. The fourth-order valence-electron chi connectivity index (χ4n) is 2.43. The second-order valence-electron chi connectivity index (χ2n) is 7.74. The Labute approximate surface area is 172 Å². The van der Waals surface area contributed by atoms with E-state index in [2.05, 4.69) is 45.6 Å². The van der Waals surface area contributed by atoms with Gasteiger partial charge in [-0.3, -0.25) is 4.79 Å². The minimum atomic E-state index is -0.286. The van der Waals surface area contributed by atoms with E-state index in [-0.39, 0.29) is 18.1 Å². The van der Waals surface area contributed by atoms with Crippen molar-refractivity contribution in [1.29, 1.82) is 0 Å². The molecule has 6 nitrogen and oxygen atoms in total. The number of benzene rings is 1. The van der Waals surface area contributed by atoms with Crippen LogP contribution < -0.4 is 20.1 Å². The van der Waals surface area contributed by atoms with Crippen LogP contribution in [0.25, 0.3) is 0 Å². The SMILES string of the molecule is CCOc1cc(CNCCCN(C)C)c(Br)cc1OCC(=O)NC(C)(C)C. The highest BCUT2D eigenvalue weighted by Crippen LogP contribution is 2.34. The van der Waals surface area contributed by atoms with E-state index in [1.807, 2.05) is 39.8 Å². The molecule has 7 heteroatoms. The molecule has 0 aliphatic carbocycles. The van der Waals surface area contributed by atoms with Crippen molar-refractivity contribution < 1.29 is 14.3 Å². The van der Waals surface area contributed by atoms with Gasteiger partial charge in [0, 0.05) is 16.6 Å². The zero-order chi connectivity index (χ0) is 20.4. The molecular formula is C20H34BrN3O3. The quantitative estimate of drug-likeness (QED) is 0.514. The van der Waals surface area contributed by atoms with Crippen molar-refractivity contribution in [2.24, 2.45) is 0 Å². The number of hydrogen-bond donors (Lipinski definition) is 2. The van der Waals surface area contributed by atoms with Crippen LogP contribution in [0.2, 0.25) is 0 Å². The van der Waals surface area contributed by atoms with Crippen LogP contribution in [-0.2, 0) is 11.3 Å². The monoisotopic (exact) mass is 443 g/mol. The van der Waals surface area contributed by atoms with E-state index >= 15 is 0 Å². The molecule has 0 aliphatic heterocycles. The van der Waals surface area contributed by atoms with Gasteiger partial charge in [-0.15, -0.1) is 0 Å². The smallest absolute Gasteiger partial charge is 0.258 e. The number of hydrogen-bond acceptors (Lipinski definition) is 5. The number of rotatable bonds is 11. The van der Waals surface area contributed by atoms with Gasteiger partial charge in [0.25, 0.3) is 5.91 Å². The van der Waals surface area contributed by atoms with Crippen molar-refractivity contribution in [3.63, 3.8) is 0 Å². The maximum atomic E-state index is 12.0. The number of ether oxygens (including phenoxy) is 2. The Bertz CT molecular complexity index is 601. The first kappa shape index (κ1) is 23.7. The van der Waals surface area contributed by atoms with Crippen molar-refractivity contribution in [1.82, 2.24) is 15.5 Å². The molecule has 2 N–H and O–H groups in total. The van der Waals surface area contributed by atoms with Gasteiger partial charge in [0.2, 0.25) is 0 Å². The van der Waals surface area contributed by atoms with Crippen molar-refractivity contribution >= 4 is 21.8 Å². The highest BCUT2D eigenvalue weighted by molar-refractivity contribution is 9.10. The van der Waals surface area contributed by atoms with Gasteiger partial charge in [-0.05, 0) is 79.0 Å². The number of amides is 1. The van der Waals surface area contributed by atoms with Crippen LogP contribution >= 0.6 is 15.9 Å². The Morgan fingerprint density at radius 3 is 2.44 bits per heavy atom. The van der Waals surface area contributed by atoms with E-state index in [4.69, 9.17) is 9.47 Å². The summed E-state index contributed by atoms with van der Waals surface area (Å²) >= 11 is 3.60. The molecule has 0 saturated heterocycles. The van der Waals surface area contributed by atoms with Crippen LogP contribution in [0, 0.1) is 0 Å². The Morgan fingerprint density at radius 2 is 1.85 bits per heavy atom. The number of halogens is 1. The van der Waals surface area contributed by atoms with Gasteiger partial charge in [-0.2, -0.15) is 0 Å². The first-order chi connectivity index (χ1) is 12.6. The largest absolute Gasteiger partial charge is 0.490 e. The zero-order valence-corrected chi connectivity index (χ0v) is 19.0. The van der Waals surface area contributed by atoms with Crippen LogP contribution in [0.3, 0.4) is 0 Å². The summed E-state index contributed by atoms with van der Waals surface area (Å²) in [6.07, 6.45) is 1.09. The van der Waals surface area contributed by atoms with E-state index in [9.17, 15) is 4.79 Å². The minimum Gasteiger partial charge on any atom is -0.490 e. The standard InChI is InChI=1S/C20H34BrN3O3/c1-7-26-17-11-15(13-22-9-8-10-24(5)6)16(21)12-18(17)27-14-19(25)23-20(2,3)4/h11-12,22H,7-10,13-14H2,1-6H3,(H,23,25). The third-order valence-electron chi connectivity index (χ3n) is 3.56. The molecule has 0 heterocycles. The van der Waals surface area contributed by atoms with Crippen molar-refractivity contribution in [3.05, 3.63) is 22.2 Å². The lowest BCUT2D eigenvalue weighted by molar-refractivity contribution is -0.124. The highest BCUT2D eigenvalue weighted by Gasteiger charge is 2.16. The molecule has 154 valence electrons. The zero-order valence-electron chi connectivity index (χ0n) is 17.4. The second-order valence-corrected chi connectivity index (χ2v) is 8.60. The molecular weight excluding hydrogens is 410 g/mol. The summed E-state index contributed by atoms with van der Waals surface area (Å²) in [4.78, 5) is 14.2. The van der Waals surface area contributed by atoms with Crippen molar-refractivity contribution in [2.45, 2.75) is 46.2 Å². The van der Waals surface area contributed by atoms with E-state index in [0.717, 1.165) is 36.1 Å². The van der Waals surface area contributed by atoms with Crippen molar-refractivity contribution in [3.8, 4) is 11.5 Å². The minimum absolute atomic E-state index is 0.0497. The molecule has 0 saturated carbocycles. The molecule has 0 bridgehead atoms. The van der Waals surface area contributed by atoms with Gasteiger partial charge in [-0.25, -0.2) is 0 Å². The first-order valence-electron chi connectivity index (χ1n) is 9.37. The molecule has 1 aromatic rings. The Morgan fingerprint density at radius 1 is 1.19 bits per heavy atom. The summed E-state index contributed by atoms with van der Waals surface area (Å²) in [5, 5.41) is 6.33. The topological polar surface area (TPSA) is 62.8 Å². The van der Waals surface area contributed by atoms with Crippen LogP contribution in [0.15, 0.2) is 16.6 Å². The second kappa shape index (κ2) is 11.5. The predicted octanol–water partition coefficient (Wildman–Crippen LogP) is 3.18. The fourth-order valence-corrected chi connectivity index (χ4v) is 2.90. The summed E-state index contributed by atoms with van der Waals surface area (Å²) in [6.45, 7) is 11.0. The van der Waals surface area contributed by atoms with Crippen molar-refractivity contribution in [2.75, 3.05) is 40.4 Å². The average molecular weight is 444 g/mol. The van der Waals surface area contributed by atoms with Gasteiger partial charge < -0.3 is 25.0 Å². The van der Waals surface area contributed by atoms with Gasteiger partial charge in [0.05, 0.1) is 6.61 Å². The average Bonchev–Trinajstić information content (AvgIpc) is 2.53. The van der Waals surface area contributed by atoms with E-state index < -0.39 is 0 Å². The summed E-state index contributed by atoms with van der Waals surface area (Å²) in [5.41, 5.74) is 0.807. The van der Waals surface area contributed by atoms with Gasteiger partial charge >= 0.3 is 0 Å². The van der Waals surface area contributed by atoms with E-state index in [1.54, 1.807) is 0 Å². The molecule has 0 fully saturated rings. The maximum absolute atomic E-state index is 12.0. The van der Waals surface area contributed by atoms with Crippen LogP contribution in [0.5, 0.6) is 11.5 Å². The van der Waals surface area contributed by atoms with Gasteiger partial charge in [0.15, 0.2) is 18.1 Å². The van der Waals surface area contributed by atoms with Crippen LogP contribution in [0.4, 0.5) is 0 Å². The van der Waals surface area contributed by atoms with E-state index in [0.29, 0.717) is 18.1 Å². The summed E-state index contributed by atoms with van der Waals surface area (Å²) in [5.74, 6) is 1.05. The summed E-state index contributed by atoms with van der Waals surface area (Å²) in [7, 11) is 4.15. The maximum Gasteiger partial charge on any atom is 0.258 e. The summed E-state index contributed by atoms with van der Waals surface area (Å²) < 4.78 is 12.4. The Balaban J connectivity index is 2.70. The summed E-state index contributed by atoms with van der Waals surface area (Å²) in [6, 6.07) is 3.83. The van der Waals surface area contributed by atoms with E-state index in [1.165, 1.54) is 0 Å². The molecule has 0 spiro atoms.